The average molecular weight is 320 g/mol. The van der Waals surface area contributed by atoms with Crippen molar-refractivity contribution in [1.29, 1.82) is 0 Å². The molecule has 22 heavy (non-hydrogen) atoms. The summed E-state index contributed by atoms with van der Waals surface area (Å²) in [5.74, 6) is 1.17. The van der Waals surface area contributed by atoms with Crippen molar-refractivity contribution < 1.29 is 9.53 Å². The molecule has 2 atom stereocenters. The molecule has 4 nitrogen and oxygen atoms in total. The maximum absolute atomic E-state index is 12.5. The Balaban J connectivity index is 1.37. The molecule has 0 radical (unpaired) electrons. The van der Waals surface area contributed by atoms with E-state index in [9.17, 15) is 4.79 Å². The summed E-state index contributed by atoms with van der Waals surface area (Å²) in [5, 5.41) is 2.14. The standard InChI is InChI=1S/C17H24N2O2S/c20-17(13-3-1-4-13)19-10-14-9-18(6-7-21-16(14)12-19)11-15-5-2-8-22-15/h2,5,8,13-14,16H,1,3-4,6-7,9-12H2/t14-,16+/m0/s1. The lowest BCUT2D eigenvalue weighted by molar-refractivity contribution is -0.137. The van der Waals surface area contributed by atoms with Crippen molar-refractivity contribution in [3.63, 3.8) is 0 Å². The van der Waals surface area contributed by atoms with Crippen molar-refractivity contribution in [2.45, 2.75) is 31.9 Å². The Hall–Kier alpha value is -0.910. The van der Waals surface area contributed by atoms with Crippen LogP contribution in [0, 0.1) is 11.8 Å². The highest BCUT2D eigenvalue weighted by atomic mass is 32.1. The molecule has 0 aromatic carbocycles. The van der Waals surface area contributed by atoms with Crippen LogP contribution in [0.4, 0.5) is 0 Å². The van der Waals surface area contributed by atoms with Crippen LogP contribution in [0.15, 0.2) is 17.5 Å². The molecule has 0 spiro atoms. The molecule has 1 aromatic rings. The lowest BCUT2D eigenvalue weighted by Crippen LogP contribution is -2.39. The van der Waals surface area contributed by atoms with E-state index in [1.807, 2.05) is 11.3 Å². The first-order valence-corrected chi connectivity index (χ1v) is 9.32. The third-order valence-corrected chi connectivity index (χ3v) is 6.20. The van der Waals surface area contributed by atoms with E-state index >= 15 is 0 Å². The van der Waals surface area contributed by atoms with Crippen molar-refractivity contribution >= 4 is 17.2 Å². The number of hydrogen-bond donors (Lipinski definition) is 0. The Bertz CT molecular complexity index is 515. The van der Waals surface area contributed by atoms with Gasteiger partial charge in [-0.2, -0.15) is 0 Å². The molecule has 4 rings (SSSR count). The number of fused-ring (bicyclic) bond motifs is 1. The second-order valence-corrected chi connectivity index (χ2v) is 7.89. The molecule has 2 aliphatic heterocycles. The van der Waals surface area contributed by atoms with Crippen molar-refractivity contribution in [1.82, 2.24) is 9.80 Å². The molecule has 1 saturated carbocycles. The summed E-state index contributed by atoms with van der Waals surface area (Å²) in [6.45, 7) is 5.56. The van der Waals surface area contributed by atoms with Gasteiger partial charge in [0.1, 0.15) is 0 Å². The van der Waals surface area contributed by atoms with Gasteiger partial charge in [-0.1, -0.05) is 12.5 Å². The summed E-state index contributed by atoms with van der Waals surface area (Å²) in [6, 6.07) is 4.32. The molecule has 2 saturated heterocycles. The normalized spacial score (nSPS) is 29.9. The fourth-order valence-corrected chi connectivity index (χ4v) is 4.57. The van der Waals surface area contributed by atoms with Crippen LogP contribution in [0.25, 0.3) is 0 Å². The van der Waals surface area contributed by atoms with Crippen LogP contribution in [0.3, 0.4) is 0 Å². The number of likely N-dealkylation sites (tertiary alicyclic amines) is 1. The van der Waals surface area contributed by atoms with Crippen molar-refractivity contribution in [3.05, 3.63) is 22.4 Å². The number of amides is 1. The number of nitrogens with zero attached hydrogens (tertiary/aromatic N) is 2. The summed E-state index contributed by atoms with van der Waals surface area (Å²) in [7, 11) is 0. The number of hydrogen-bond acceptors (Lipinski definition) is 4. The zero-order chi connectivity index (χ0) is 14.9. The number of rotatable bonds is 3. The van der Waals surface area contributed by atoms with Gasteiger partial charge >= 0.3 is 0 Å². The van der Waals surface area contributed by atoms with Crippen LogP contribution in [0.2, 0.25) is 0 Å². The van der Waals surface area contributed by atoms with Crippen LogP contribution in [0.5, 0.6) is 0 Å². The topological polar surface area (TPSA) is 32.8 Å². The van der Waals surface area contributed by atoms with Gasteiger partial charge < -0.3 is 9.64 Å². The number of carbonyl (C=O) groups is 1. The minimum Gasteiger partial charge on any atom is -0.375 e. The summed E-state index contributed by atoms with van der Waals surface area (Å²) in [6.07, 6.45) is 3.66. The van der Waals surface area contributed by atoms with Gasteiger partial charge in [0.05, 0.1) is 12.7 Å². The largest absolute Gasteiger partial charge is 0.375 e. The lowest BCUT2D eigenvalue weighted by atomic mass is 9.84. The quantitative estimate of drug-likeness (QED) is 0.856. The zero-order valence-electron chi connectivity index (χ0n) is 12.9. The first-order valence-electron chi connectivity index (χ1n) is 8.45. The molecule has 0 unspecified atom stereocenters. The second-order valence-electron chi connectivity index (χ2n) is 6.85. The van der Waals surface area contributed by atoms with E-state index in [1.54, 1.807) is 0 Å². The summed E-state index contributed by atoms with van der Waals surface area (Å²) in [4.78, 5) is 18.4. The van der Waals surface area contributed by atoms with E-state index in [-0.39, 0.29) is 6.10 Å². The van der Waals surface area contributed by atoms with E-state index in [4.69, 9.17) is 4.74 Å². The molecule has 3 aliphatic rings. The van der Waals surface area contributed by atoms with E-state index in [0.717, 1.165) is 52.2 Å². The minimum atomic E-state index is 0.248. The number of ether oxygens (including phenoxy) is 1. The highest BCUT2D eigenvalue weighted by molar-refractivity contribution is 7.09. The highest BCUT2D eigenvalue weighted by Gasteiger charge is 2.41. The Kier molecular flexibility index (Phi) is 4.20. The van der Waals surface area contributed by atoms with Crippen molar-refractivity contribution in [3.8, 4) is 0 Å². The van der Waals surface area contributed by atoms with Gasteiger partial charge in [0.15, 0.2) is 0 Å². The number of thiophene rings is 1. The minimum absolute atomic E-state index is 0.248. The molecule has 3 fully saturated rings. The molecule has 120 valence electrons. The molecule has 0 bridgehead atoms. The molecule has 3 heterocycles. The summed E-state index contributed by atoms with van der Waals surface area (Å²) >= 11 is 1.82. The van der Waals surface area contributed by atoms with E-state index in [1.165, 1.54) is 11.3 Å². The monoisotopic (exact) mass is 320 g/mol. The smallest absolute Gasteiger partial charge is 0.225 e. The fraction of sp³-hybridized carbons (Fsp3) is 0.706. The van der Waals surface area contributed by atoms with Crippen LogP contribution >= 0.6 is 11.3 Å². The van der Waals surface area contributed by atoms with Crippen LogP contribution in [-0.2, 0) is 16.1 Å². The third-order valence-electron chi connectivity index (χ3n) is 5.34. The predicted molar refractivity (Wildman–Crippen MR) is 86.7 cm³/mol. The molecule has 1 amide bonds. The van der Waals surface area contributed by atoms with E-state index in [0.29, 0.717) is 17.7 Å². The van der Waals surface area contributed by atoms with Gasteiger partial charge in [-0.25, -0.2) is 0 Å². The van der Waals surface area contributed by atoms with Crippen LogP contribution in [-0.4, -0.2) is 54.6 Å². The summed E-state index contributed by atoms with van der Waals surface area (Å²) < 4.78 is 6.06. The average Bonchev–Trinajstić information content (AvgIpc) is 3.04. The maximum Gasteiger partial charge on any atom is 0.225 e. The molecular weight excluding hydrogens is 296 g/mol. The van der Waals surface area contributed by atoms with Gasteiger partial charge in [0, 0.05) is 49.4 Å². The Morgan fingerprint density at radius 3 is 2.95 bits per heavy atom. The Morgan fingerprint density at radius 1 is 1.32 bits per heavy atom. The van der Waals surface area contributed by atoms with E-state index in [2.05, 4.69) is 27.3 Å². The molecule has 0 N–H and O–H groups in total. The van der Waals surface area contributed by atoms with Crippen LogP contribution < -0.4 is 0 Å². The second kappa shape index (κ2) is 6.30. The zero-order valence-corrected chi connectivity index (χ0v) is 13.8. The maximum atomic E-state index is 12.5. The van der Waals surface area contributed by atoms with Gasteiger partial charge in [0.25, 0.3) is 0 Å². The third kappa shape index (κ3) is 2.94. The van der Waals surface area contributed by atoms with E-state index < -0.39 is 0 Å². The fourth-order valence-electron chi connectivity index (χ4n) is 3.82. The van der Waals surface area contributed by atoms with Gasteiger partial charge in [-0.15, -0.1) is 11.3 Å². The first-order chi connectivity index (χ1) is 10.8. The lowest BCUT2D eigenvalue weighted by Gasteiger charge is -2.29. The Labute approximate surface area is 136 Å². The van der Waals surface area contributed by atoms with Crippen molar-refractivity contribution in [2.24, 2.45) is 11.8 Å². The number of carbonyl (C=O) groups excluding carboxylic acids is 1. The molecule has 5 heteroatoms. The van der Waals surface area contributed by atoms with Crippen LogP contribution in [0.1, 0.15) is 24.1 Å². The highest BCUT2D eigenvalue weighted by Crippen LogP contribution is 2.32. The molecular formula is C17H24N2O2S. The molecule has 1 aliphatic carbocycles. The van der Waals surface area contributed by atoms with Gasteiger partial charge in [-0.05, 0) is 24.3 Å². The SMILES string of the molecule is O=C(C1CCC1)N1C[C@@H]2CN(Cc3cccs3)CCO[C@@H]2C1. The van der Waals surface area contributed by atoms with Crippen molar-refractivity contribution in [2.75, 3.05) is 32.8 Å². The summed E-state index contributed by atoms with van der Waals surface area (Å²) in [5.41, 5.74) is 0. The first kappa shape index (κ1) is 14.7. The predicted octanol–water partition coefficient (Wildman–Crippen LogP) is 2.21. The molecule has 1 aromatic heterocycles. The Morgan fingerprint density at radius 2 is 2.23 bits per heavy atom. The van der Waals surface area contributed by atoms with Gasteiger partial charge in [-0.3, -0.25) is 9.69 Å². The van der Waals surface area contributed by atoms with Gasteiger partial charge in [0.2, 0.25) is 5.91 Å².